The highest BCUT2D eigenvalue weighted by Gasteiger charge is 2.54. The fourth-order valence-corrected chi connectivity index (χ4v) is 6.36. The summed E-state index contributed by atoms with van der Waals surface area (Å²) in [5.41, 5.74) is 1.37. The normalized spacial score (nSPS) is 33.5. The molecule has 6 rings (SSSR count). The van der Waals surface area contributed by atoms with Gasteiger partial charge in [-0.15, -0.1) is 0 Å². The molecule has 4 fully saturated rings. The molecule has 0 aliphatic heterocycles. The maximum Gasteiger partial charge on any atom is 0.123 e. The molecule has 0 amide bonds. The van der Waals surface area contributed by atoms with Crippen molar-refractivity contribution in [2.45, 2.75) is 57.8 Å². The minimum Gasteiger partial charge on any atom is -0.371 e. The van der Waals surface area contributed by atoms with E-state index in [1.54, 1.807) is 0 Å². The van der Waals surface area contributed by atoms with E-state index in [2.05, 4.69) is 9.55 Å². The van der Waals surface area contributed by atoms with Crippen LogP contribution in [0.1, 0.15) is 44.1 Å². The second-order valence-corrected chi connectivity index (χ2v) is 8.97. The average Bonchev–Trinajstić information content (AvgIpc) is 3.12. The van der Waals surface area contributed by atoms with Gasteiger partial charge in [-0.2, -0.15) is 0 Å². The Morgan fingerprint density at radius 3 is 2.31 bits per heavy atom. The van der Waals surface area contributed by atoms with Gasteiger partial charge in [0, 0.05) is 12.4 Å². The number of halogens is 1. The van der Waals surface area contributed by atoms with Crippen LogP contribution in [0.4, 0.5) is 4.39 Å². The zero-order valence-corrected chi connectivity index (χ0v) is 15.2. The fourth-order valence-electron chi connectivity index (χ4n) is 6.36. The van der Waals surface area contributed by atoms with E-state index < -0.39 is 0 Å². The number of imidazole rings is 1. The Labute approximate surface area is 154 Å². The van der Waals surface area contributed by atoms with Crippen LogP contribution in [-0.2, 0) is 17.9 Å². The number of benzene rings is 1. The third kappa shape index (κ3) is 3.09. The van der Waals surface area contributed by atoms with Crippen molar-refractivity contribution >= 4 is 0 Å². The van der Waals surface area contributed by atoms with Crippen LogP contribution in [0.15, 0.2) is 43.0 Å². The van der Waals surface area contributed by atoms with Gasteiger partial charge in [-0.3, -0.25) is 0 Å². The molecule has 4 bridgehead atoms. The van der Waals surface area contributed by atoms with Gasteiger partial charge in [-0.1, -0.05) is 12.1 Å². The quantitative estimate of drug-likeness (QED) is 0.743. The fraction of sp³-hybridized carbons (Fsp3) is 0.591. The largest absolute Gasteiger partial charge is 0.371 e. The molecule has 4 aliphatic rings. The lowest BCUT2D eigenvalue weighted by molar-refractivity contribution is -0.151. The molecule has 1 atom stereocenters. The molecule has 4 aliphatic carbocycles. The Morgan fingerprint density at radius 2 is 1.73 bits per heavy atom. The molecular weight excluding hydrogens is 327 g/mol. The van der Waals surface area contributed by atoms with Gasteiger partial charge >= 0.3 is 0 Å². The van der Waals surface area contributed by atoms with E-state index in [4.69, 9.17) is 4.74 Å². The van der Waals surface area contributed by atoms with Crippen molar-refractivity contribution in [3.8, 4) is 0 Å². The lowest BCUT2D eigenvalue weighted by atomic mass is 9.48. The molecule has 0 N–H and O–H groups in total. The van der Waals surface area contributed by atoms with Gasteiger partial charge in [0.15, 0.2) is 0 Å². The highest BCUT2D eigenvalue weighted by Crippen LogP contribution is 2.62. The first-order valence-corrected chi connectivity index (χ1v) is 10.0. The Bertz CT molecular complexity index is 705. The Balaban J connectivity index is 1.38. The maximum atomic E-state index is 13.2. The molecule has 1 aromatic carbocycles. The van der Waals surface area contributed by atoms with Gasteiger partial charge in [0.25, 0.3) is 0 Å². The average molecular weight is 354 g/mol. The van der Waals surface area contributed by atoms with Gasteiger partial charge < -0.3 is 9.30 Å². The Morgan fingerprint density at radius 1 is 1.08 bits per heavy atom. The highest BCUT2D eigenvalue weighted by atomic mass is 19.1. The highest BCUT2D eigenvalue weighted by molar-refractivity contribution is 5.15. The summed E-state index contributed by atoms with van der Waals surface area (Å²) in [5, 5.41) is 0. The van der Waals surface area contributed by atoms with Crippen LogP contribution in [0.25, 0.3) is 0 Å². The molecular formula is C22H27FN2O. The lowest BCUT2D eigenvalue weighted by Crippen LogP contribution is -2.53. The molecule has 1 aromatic heterocycles. The lowest BCUT2D eigenvalue weighted by Gasteiger charge is -2.59. The number of nitrogens with zero attached hydrogens (tertiary/aromatic N) is 2. The molecule has 3 nitrogen and oxygen atoms in total. The number of hydrogen-bond donors (Lipinski definition) is 0. The summed E-state index contributed by atoms with van der Waals surface area (Å²) in [7, 11) is 0. The van der Waals surface area contributed by atoms with Crippen molar-refractivity contribution in [3.05, 3.63) is 54.4 Å². The monoisotopic (exact) mass is 354 g/mol. The molecule has 26 heavy (non-hydrogen) atoms. The summed E-state index contributed by atoms with van der Waals surface area (Å²) in [6, 6.07) is 6.72. The number of ether oxygens (including phenoxy) is 1. The molecule has 4 saturated carbocycles. The first-order valence-electron chi connectivity index (χ1n) is 10.0. The van der Waals surface area contributed by atoms with Gasteiger partial charge in [0.2, 0.25) is 0 Å². The third-order valence-electron chi connectivity index (χ3n) is 7.07. The van der Waals surface area contributed by atoms with Crippen molar-refractivity contribution in [2.75, 3.05) is 0 Å². The molecule has 1 heterocycles. The maximum absolute atomic E-state index is 13.2. The van der Waals surface area contributed by atoms with Gasteiger partial charge in [-0.05, 0) is 79.4 Å². The molecule has 0 radical (unpaired) electrons. The molecule has 1 unspecified atom stereocenters. The second kappa shape index (κ2) is 6.49. The van der Waals surface area contributed by atoms with E-state index >= 15 is 0 Å². The Kier molecular flexibility index (Phi) is 4.11. The summed E-state index contributed by atoms with van der Waals surface area (Å²) in [5.74, 6) is 2.52. The topological polar surface area (TPSA) is 27.1 Å². The van der Waals surface area contributed by atoms with E-state index in [0.29, 0.717) is 12.0 Å². The minimum atomic E-state index is -0.190. The van der Waals surface area contributed by atoms with Crippen molar-refractivity contribution < 1.29 is 9.13 Å². The molecule has 0 saturated heterocycles. The predicted octanol–water partition coefficient (Wildman–Crippen LogP) is 4.82. The van der Waals surface area contributed by atoms with E-state index in [-0.39, 0.29) is 11.9 Å². The van der Waals surface area contributed by atoms with Crippen LogP contribution < -0.4 is 0 Å². The predicted molar refractivity (Wildman–Crippen MR) is 97.8 cm³/mol. The second-order valence-electron chi connectivity index (χ2n) is 8.97. The van der Waals surface area contributed by atoms with Crippen LogP contribution in [0.5, 0.6) is 0 Å². The number of rotatable bonds is 6. The van der Waals surface area contributed by atoms with Crippen molar-refractivity contribution in [1.29, 1.82) is 0 Å². The summed E-state index contributed by atoms with van der Waals surface area (Å²) in [6.45, 7) is 1.43. The number of hydrogen-bond acceptors (Lipinski definition) is 2. The van der Waals surface area contributed by atoms with E-state index in [1.165, 1.54) is 50.7 Å². The van der Waals surface area contributed by atoms with Crippen molar-refractivity contribution in [2.24, 2.45) is 23.2 Å². The van der Waals surface area contributed by atoms with Crippen LogP contribution in [0.2, 0.25) is 0 Å². The Hall–Kier alpha value is -1.68. The molecule has 0 spiro atoms. The van der Waals surface area contributed by atoms with E-state index in [9.17, 15) is 4.39 Å². The van der Waals surface area contributed by atoms with Gasteiger partial charge in [0.1, 0.15) is 5.82 Å². The smallest absolute Gasteiger partial charge is 0.123 e. The number of aromatic nitrogens is 2. The van der Waals surface area contributed by atoms with E-state index in [0.717, 1.165) is 29.9 Å². The first kappa shape index (κ1) is 16.5. The third-order valence-corrected chi connectivity index (χ3v) is 7.07. The molecule has 138 valence electrons. The van der Waals surface area contributed by atoms with Crippen LogP contribution in [-0.4, -0.2) is 15.7 Å². The summed E-state index contributed by atoms with van der Waals surface area (Å²) in [4.78, 5) is 4.22. The first-order chi connectivity index (χ1) is 12.7. The molecule has 2 aromatic rings. The zero-order chi connectivity index (χ0) is 17.6. The van der Waals surface area contributed by atoms with Crippen LogP contribution in [0.3, 0.4) is 0 Å². The standard InChI is InChI=1S/C22H27FN2O/c23-20-3-1-16(2-4-20)14-26-21(13-25-6-5-24-15-25)22-10-17-7-18(11-22)9-19(8-17)12-22/h1-6,15,17-19,21H,7-14H2. The van der Waals surface area contributed by atoms with Crippen LogP contribution in [0, 0.1) is 29.0 Å². The van der Waals surface area contributed by atoms with E-state index in [1.807, 2.05) is 30.9 Å². The van der Waals surface area contributed by atoms with Crippen LogP contribution >= 0.6 is 0 Å². The SMILES string of the molecule is Fc1ccc(COC(Cn2ccnc2)C23CC4CC(CC(C4)C2)C3)cc1. The molecule has 4 heteroatoms. The van der Waals surface area contributed by atoms with Gasteiger partial charge in [0.05, 0.1) is 25.6 Å². The summed E-state index contributed by atoms with van der Waals surface area (Å²) in [6.07, 6.45) is 14.3. The van der Waals surface area contributed by atoms with Crippen molar-refractivity contribution in [3.63, 3.8) is 0 Å². The minimum absolute atomic E-state index is 0.190. The zero-order valence-electron chi connectivity index (χ0n) is 15.2. The summed E-state index contributed by atoms with van der Waals surface area (Å²) < 4.78 is 21.9. The van der Waals surface area contributed by atoms with Crippen molar-refractivity contribution in [1.82, 2.24) is 9.55 Å². The van der Waals surface area contributed by atoms with Gasteiger partial charge in [-0.25, -0.2) is 9.37 Å². The summed E-state index contributed by atoms with van der Waals surface area (Å²) >= 11 is 0.